The summed E-state index contributed by atoms with van der Waals surface area (Å²) in [5.41, 5.74) is 0.176. The third-order valence-electron chi connectivity index (χ3n) is 4.86. The molecule has 1 aliphatic rings. The van der Waals surface area contributed by atoms with Gasteiger partial charge in [-0.15, -0.1) is 0 Å². The molecule has 1 fully saturated rings. The number of rotatable bonds is 6. The second-order valence-corrected chi connectivity index (χ2v) is 6.68. The molecular weight excluding hydrogens is 346 g/mol. The number of amides is 1. The number of carbonyl (C=O) groups excluding carboxylic acids is 1. The number of hydrogen-bond acceptors (Lipinski definition) is 4. The number of ether oxygens (including phenoxy) is 1. The highest BCUT2D eigenvalue weighted by Crippen LogP contribution is 2.38. The van der Waals surface area contributed by atoms with Crippen molar-refractivity contribution in [2.45, 2.75) is 24.9 Å². The highest BCUT2D eigenvalue weighted by Gasteiger charge is 2.37. The fourth-order valence-corrected chi connectivity index (χ4v) is 3.34. The predicted molar refractivity (Wildman–Crippen MR) is 99.7 cm³/mol. The molecular formula is C21H23NO5. The Labute approximate surface area is 158 Å². The molecule has 0 spiro atoms. The lowest BCUT2D eigenvalue weighted by Gasteiger charge is -2.39. The Bertz CT molecular complexity index is 797. The highest BCUT2D eigenvalue weighted by atomic mass is 16.5. The Morgan fingerprint density at radius 2 is 1.63 bits per heavy atom. The number of aliphatic hydroxyl groups is 1. The minimum absolute atomic E-state index is 0.0383. The van der Waals surface area contributed by atoms with E-state index in [0.29, 0.717) is 42.8 Å². The first-order chi connectivity index (χ1) is 13.0. The zero-order chi connectivity index (χ0) is 19.3. The van der Waals surface area contributed by atoms with Crippen molar-refractivity contribution >= 4 is 11.9 Å². The number of aliphatic carboxylic acids is 1. The van der Waals surface area contributed by atoms with E-state index >= 15 is 0 Å². The number of piperidine rings is 1. The van der Waals surface area contributed by atoms with Crippen molar-refractivity contribution in [2.24, 2.45) is 0 Å². The molecule has 1 heterocycles. The van der Waals surface area contributed by atoms with Gasteiger partial charge in [-0.2, -0.15) is 0 Å². The number of benzene rings is 2. The van der Waals surface area contributed by atoms with E-state index in [4.69, 9.17) is 9.84 Å². The van der Waals surface area contributed by atoms with Crippen LogP contribution in [-0.2, 0) is 10.4 Å². The lowest BCUT2D eigenvalue weighted by atomic mass is 9.83. The molecule has 3 rings (SSSR count). The smallest absolute Gasteiger partial charge is 0.306 e. The van der Waals surface area contributed by atoms with Gasteiger partial charge in [0.05, 0.1) is 18.6 Å². The van der Waals surface area contributed by atoms with Crippen LogP contribution in [0.3, 0.4) is 0 Å². The summed E-state index contributed by atoms with van der Waals surface area (Å²) in [6.45, 7) is 0.919. The van der Waals surface area contributed by atoms with Crippen molar-refractivity contribution in [1.29, 1.82) is 0 Å². The summed E-state index contributed by atoms with van der Waals surface area (Å²) in [6.07, 6.45) is 0.682. The summed E-state index contributed by atoms with van der Waals surface area (Å²) in [5.74, 6) is -0.480. The van der Waals surface area contributed by atoms with Crippen molar-refractivity contribution in [3.63, 3.8) is 0 Å². The molecule has 0 radical (unpaired) electrons. The molecule has 6 nitrogen and oxygen atoms in total. The van der Waals surface area contributed by atoms with Gasteiger partial charge in [0.1, 0.15) is 5.75 Å². The topological polar surface area (TPSA) is 87.1 Å². The maximum atomic E-state index is 12.6. The number of hydrogen-bond donors (Lipinski definition) is 2. The van der Waals surface area contributed by atoms with Gasteiger partial charge in [-0.1, -0.05) is 36.4 Å². The van der Waals surface area contributed by atoms with Gasteiger partial charge in [0.2, 0.25) is 0 Å². The van der Waals surface area contributed by atoms with Crippen molar-refractivity contribution in [2.75, 3.05) is 19.7 Å². The molecule has 27 heavy (non-hydrogen) atoms. The minimum Gasteiger partial charge on any atom is -0.493 e. The quantitative estimate of drug-likeness (QED) is 0.817. The summed E-state index contributed by atoms with van der Waals surface area (Å²) >= 11 is 0. The summed E-state index contributed by atoms with van der Waals surface area (Å²) in [7, 11) is 0. The van der Waals surface area contributed by atoms with Gasteiger partial charge in [-0.05, 0) is 31.0 Å². The Kier molecular flexibility index (Phi) is 5.76. The van der Waals surface area contributed by atoms with Gasteiger partial charge in [0.25, 0.3) is 5.91 Å². The number of carboxylic acid groups (broad SMARTS) is 1. The normalized spacial score (nSPS) is 16.0. The monoisotopic (exact) mass is 369 g/mol. The largest absolute Gasteiger partial charge is 0.493 e. The maximum Gasteiger partial charge on any atom is 0.306 e. The molecule has 2 aromatic carbocycles. The van der Waals surface area contributed by atoms with E-state index in [1.165, 1.54) is 0 Å². The Balaban J connectivity index is 1.69. The third-order valence-corrected chi connectivity index (χ3v) is 4.86. The third kappa shape index (κ3) is 4.46. The SMILES string of the molecule is O=C(O)CCOc1ccccc1C1(O)CCN(C(=O)c2ccccc2)CC1. The predicted octanol–water partition coefficient (Wildman–Crippen LogP) is 2.66. The number of carbonyl (C=O) groups is 2. The van der Waals surface area contributed by atoms with Gasteiger partial charge in [0.15, 0.2) is 0 Å². The fraction of sp³-hybridized carbons (Fsp3) is 0.333. The fourth-order valence-electron chi connectivity index (χ4n) is 3.34. The molecule has 1 aliphatic heterocycles. The second kappa shape index (κ2) is 8.22. The first-order valence-electron chi connectivity index (χ1n) is 9.00. The zero-order valence-corrected chi connectivity index (χ0v) is 15.0. The summed E-state index contributed by atoms with van der Waals surface area (Å²) in [5, 5.41) is 19.9. The van der Waals surface area contributed by atoms with Crippen molar-refractivity contribution in [1.82, 2.24) is 4.90 Å². The van der Waals surface area contributed by atoms with Crippen molar-refractivity contribution in [3.05, 3.63) is 65.7 Å². The van der Waals surface area contributed by atoms with E-state index in [1.54, 1.807) is 35.2 Å². The lowest BCUT2D eigenvalue weighted by molar-refractivity contribution is -0.137. The van der Waals surface area contributed by atoms with Gasteiger partial charge >= 0.3 is 5.97 Å². The Morgan fingerprint density at radius 1 is 1.00 bits per heavy atom. The van der Waals surface area contributed by atoms with Gasteiger partial charge in [-0.3, -0.25) is 9.59 Å². The first kappa shape index (κ1) is 18.9. The summed E-state index contributed by atoms with van der Waals surface area (Å²) in [4.78, 5) is 25.0. The Hall–Kier alpha value is -2.86. The minimum atomic E-state index is -1.10. The van der Waals surface area contributed by atoms with Crippen LogP contribution in [0.1, 0.15) is 35.2 Å². The van der Waals surface area contributed by atoms with E-state index in [1.807, 2.05) is 24.3 Å². The van der Waals surface area contributed by atoms with Crippen LogP contribution in [0.5, 0.6) is 5.75 Å². The summed E-state index contributed by atoms with van der Waals surface area (Å²) < 4.78 is 5.59. The molecule has 6 heteroatoms. The number of nitrogens with zero attached hydrogens (tertiary/aromatic N) is 1. The van der Waals surface area contributed by atoms with Crippen LogP contribution in [0.15, 0.2) is 54.6 Å². The van der Waals surface area contributed by atoms with E-state index in [9.17, 15) is 14.7 Å². The molecule has 0 aliphatic carbocycles. The van der Waals surface area contributed by atoms with Crippen LogP contribution in [-0.4, -0.2) is 46.7 Å². The standard InChI is InChI=1S/C21H23NO5/c23-19(24)10-15-27-18-9-5-4-8-17(18)21(26)11-13-22(14-12-21)20(25)16-6-2-1-3-7-16/h1-9,26H,10-15H2,(H,23,24). The van der Waals surface area contributed by atoms with E-state index < -0.39 is 11.6 Å². The van der Waals surface area contributed by atoms with Crippen molar-refractivity contribution in [3.8, 4) is 5.75 Å². The molecule has 2 aromatic rings. The summed E-state index contributed by atoms with van der Waals surface area (Å²) in [6, 6.07) is 16.2. The Morgan fingerprint density at radius 3 is 2.30 bits per heavy atom. The van der Waals surface area contributed by atoms with Gasteiger partial charge in [-0.25, -0.2) is 0 Å². The van der Waals surface area contributed by atoms with Gasteiger partial charge < -0.3 is 19.8 Å². The molecule has 0 bridgehead atoms. The van der Waals surface area contributed by atoms with Crippen LogP contribution in [0.25, 0.3) is 0 Å². The maximum absolute atomic E-state index is 12.6. The molecule has 0 saturated carbocycles. The number of likely N-dealkylation sites (tertiary alicyclic amines) is 1. The van der Waals surface area contributed by atoms with Crippen LogP contribution < -0.4 is 4.74 Å². The van der Waals surface area contributed by atoms with Crippen LogP contribution >= 0.6 is 0 Å². The lowest BCUT2D eigenvalue weighted by Crippen LogP contribution is -2.45. The average molecular weight is 369 g/mol. The first-order valence-corrected chi connectivity index (χ1v) is 9.00. The van der Waals surface area contributed by atoms with E-state index in [-0.39, 0.29) is 18.9 Å². The molecule has 2 N–H and O–H groups in total. The molecule has 142 valence electrons. The highest BCUT2D eigenvalue weighted by molar-refractivity contribution is 5.94. The molecule has 0 atom stereocenters. The van der Waals surface area contributed by atoms with E-state index in [2.05, 4.69) is 0 Å². The van der Waals surface area contributed by atoms with Crippen LogP contribution in [0.2, 0.25) is 0 Å². The molecule has 0 unspecified atom stereocenters. The molecule has 1 amide bonds. The van der Waals surface area contributed by atoms with E-state index in [0.717, 1.165) is 0 Å². The second-order valence-electron chi connectivity index (χ2n) is 6.68. The van der Waals surface area contributed by atoms with Crippen molar-refractivity contribution < 1.29 is 24.5 Å². The average Bonchev–Trinajstić information content (AvgIpc) is 2.69. The van der Waals surface area contributed by atoms with Crippen LogP contribution in [0.4, 0.5) is 0 Å². The number of carboxylic acids is 1. The zero-order valence-electron chi connectivity index (χ0n) is 15.0. The van der Waals surface area contributed by atoms with Crippen LogP contribution in [0, 0.1) is 0 Å². The number of para-hydroxylation sites is 1. The molecule has 1 saturated heterocycles. The molecule has 0 aromatic heterocycles. The van der Waals surface area contributed by atoms with Gasteiger partial charge in [0, 0.05) is 24.2 Å².